The van der Waals surface area contributed by atoms with E-state index in [4.69, 9.17) is 10.2 Å². The van der Waals surface area contributed by atoms with E-state index in [1.807, 2.05) is 18.2 Å². The Hall–Kier alpha value is -2.77. The van der Waals surface area contributed by atoms with E-state index in [0.717, 1.165) is 15.3 Å². The first-order valence-electron chi connectivity index (χ1n) is 6.91. The molecule has 0 spiro atoms. The molecule has 0 aromatic carbocycles. The predicted octanol–water partition coefficient (Wildman–Crippen LogP) is 3.09. The number of nitrogen functional groups attached to an aromatic ring is 1. The Labute approximate surface area is 135 Å². The van der Waals surface area contributed by atoms with Crippen molar-refractivity contribution in [1.29, 1.82) is 0 Å². The third kappa shape index (κ3) is 2.45. The van der Waals surface area contributed by atoms with Crippen LogP contribution < -0.4 is 5.73 Å². The number of aliphatic hydroxyl groups excluding tert-OH is 1. The van der Waals surface area contributed by atoms with Crippen LogP contribution in [0.25, 0.3) is 33.0 Å². The van der Waals surface area contributed by atoms with E-state index in [9.17, 15) is 5.11 Å². The Morgan fingerprint density at radius 3 is 2.91 bits per heavy atom. The van der Waals surface area contributed by atoms with Gasteiger partial charge in [-0.1, -0.05) is 0 Å². The first-order chi connectivity index (χ1) is 11.2. The van der Waals surface area contributed by atoms with Gasteiger partial charge in [0.2, 0.25) is 5.89 Å². The molecular weight excluding hydrogens is 312 g/mol. The summed E-state index contributed by atoms with van der Waals surface area (Å²) in [7, 11) is 0. The molecule has 4 aromatic heterocycles. The Bertz CT molecular complexity index is 960. The largest absolute Gasteiger partial charge is 0.436 e. The van der Waals surface area contributed by atoms with E-state index in [1.54, 1.807) is 24.7 Å². The van der Waals surface area contributed by atoms with Crippen molar-refractivity contribution in [2.45, 2.75) is 6.61 Å². The molecule has 4 aromatic rings. The van der Waals surface area contributed by atoms with Gasteiger partial charge in [-0.15, -0.1) is 11.3 Å². The number of aliphatic hydroxyl groups is 1. The van der Waals surface area contributed by atoms with E-state index in [0.29, 0.717) is 28.4 Å². The van der Waals surface area contributed by atoms with Gasteiger partial charge < -0.3 is 15.3 Å². The lowest BCUT2D eigenvalue weighted by Crippen LogP contribution is -1.94. The fourth-order valence-corrected chi connectivity index (χ4v) is 3.14. The van der Waals surface area contributed by atoms with Crippen molar-refractivity contribution in [2.75, 3.05) is 5.73 Å². The van der Waals surface area contributed by atoms with Crippen molar-refractivity contribution < 1.29 is 9.52 Å². The molecule has 0 aliphatic rings. The standard InChI is InChI=1S/C16H12N4O2S/c17-15-11(16-20-12-7-18-4-3-13(12)22-16)5-9(6-19-15)14-2-1-10(8-21)23-14/h1-7,21H,8H2,(H2,17,19). The lowest BCUT2D eigenvalue weighted by atomic mass is 10.1. The minimum absolute atomic E-state index is 0.0258. The van der Waals surface area contributed by atoms with Gasteiger partial charge in [-0.25, -0.2) is 9.97 Å². The van der Waals surface area contributed by atoms with E-state index < -0.39 is 0 Å². The van der Waals surface area contributed by atoms with Gasteiger partial charge in [-0.05, 0) is 18.2 Å². The van der Waals surface area contributed by atoms with Crippen LogP contribution in [-0.4, -0.2) is 20.1 Å². The smallest absolute Gasteiger partial charge is 0.231 e. The highest BCUT2D eigenvalue weighted by molar-refractivity contribution is 7.15. The Morgan fingerprint density at radius 1 is 1.22 bits per heavy atom. The summed E-state index contributed by atoms with van der Waals surface area (Å²) >= 11 is 1.51. The van der Waals surface area contributed by atoms with Crippen LogP contribution in [0.5, 0.6) is 0 Å². The van der Waals surface area contributed by atoms with Crippen LogP contribution in [0.4, 0.5) is 5.82 Å². The number of rotatable bonds is 3. The normalized spacial score (nSPS) is 11.2. The molecule has 4 heterocycles. The van der Waals surface area contributed by atoms with Crippen LogP contribution in [0.15, 0.2) is 47.3 Å². The van der Waals surface area contributed by atoms with Crippen LogP contribution in [0.3, 0.4) is 0 Å². The molecule has 0 amide bonds. The van der Waals surface area contributed by atoms with Gasteiger partial charge in [0, 0.05) is 33.8 Å². The number of hydrogen-bond donors (Lipinski definition) is 2. The molecule has 23 heavy (non-hydrogen) atoms. The monoisotopic (exact) mass is 324 g/mol. The predicted molar refractivity (Wildman–Crippen MR) is 88.7 cm³/mol. The van der Waals surface area contributed by atoms with Crippen LogP contribution >= 0.6 is 11.3 Å². The van der Waals surface area contributed by atoms with Gasteiger partial charge in [0.25, 0.3) is 0 Å². The van der Waals surface area contributed by atoms with Crippen molar-refractivity contribution >= 4 is 28.3 Å². The lowest BCUT2D eigenvalue weighted by Gasteiger charge is -2.03. The molecule has 0 unspecified atom stereocenters. The minimum Gasteiger partial charge on any atom is -0.436 e. The molecule has 7 heteroatoms. The SMILES string of the molecule is Nc1ncc(-c2ccc(CO)s2)cc1-c1nc2cnccc2o1. The molecule has 0 bridgehead atoms. The van der Waals surface area contributed by atoms with Crippen LogP contribution in [0.1, 0.15) is 4.88 Å². The average molecular weight is 324 g/mol. The first kappa shape index (κ1) is 13.9. The summed E-state index contributed by atoms with van der Waals surface area (Å²) in [6.45, 7) is 0.0258. The number of nitrogens with zero attached hydrogens (tertiary/aromatic N) is 3. The number of nitrogens with two attached hydrogens (primary N) is 1. The third-order valence-electron chi connectivity index (χ3n) is 3.44. The van der Waals surface area contributed by atoms with Crippen LogP contribution in [0, 0.1) is 0 Å². The average Bonchev–Trinajstić information content (AvgIpc) is 3.21. The fraction of sp³-hybridized carbons (Fsp3) is 0.0625. The second kappa shape index (κ2) is 5.45. The Morgan fingerprint density at radius 2 is 2.13 bits per heavy atom. The van der Waals surface area contributed by atoms with Gasteiger partial charge in [0.1, 0.15) is 11.3 Å². The first-order valence-corrected chi connectivity index (χ1v) is 7.72. The summed E-state index contributed by atoms with van der Waals surface area (Å²) < 4.78 is 5.74. The summed E-state index contributed by atoms with van der Waals surface area (Å²) in [5.41, 5.74) is 8.85. The second-order valence-corrected chi connectivity index (χ2v) is 6.11. The number of pyridine rings is 2. The lowest BCUT2D eigenvalue weighted by molar-refractivity contribution is 0.285. The highest BCUT2D eigenvalue weighted by Crippen LogP contribution is 2.33. The van der Waals surface area contributed by atoms with Gasteiger partial charge in [0.05, 0.1) is 18.4 Å². The van der Waals surface area contributed by atoms with E-state index in [2.05, 4.69) is 15.0 Å². The highest BCUT2D eigenvalue weighted by atomic mass is 32.1. The molecule has 0 atom stereocenters. The highest BCUT2D eigenvalue weighted by Gasteiger charge is 2.14. The Kier molecular flexibility index (Phi) is 3.29. The molecule has 0 fully saturated rings. The Balaban J connectivity index is 1.83. The zero-order chi connectivity index (χ0) is 15.8. The third-order valence-corrected chi connectivity index (χ3v) is 4.56. The molecule has 3 N–H and O–H groups in total. The molecule has 0 radical (unpaired) electrons. The number of anilines is 1. The molecular formula is C16H12N4O2S. The van der Waals surface area contributed by atoms with Crippen molar-refractivity contribution in [3.63, 3.8) is 0 Å². The van der Waals surface area contributed by atoms with Gasteiger partial charge in [0.15, 0.2) is 5.58 Å². The summed E-state index contributed by atoms with van der Waals surface area (Å²) in [6.07, 6.45) is 5.00. The van der Waals surface area contributed by atoms with Crippen molar-refractivity contribution in [1.82, 2.24) is 15.0 Å². The van der Waals surface area contributed by atoms with E-state index >= 15 is 0 Å². The summed E-state index contributed by atoms with van der Waals surface area (Å²) in [6, 6.07) is 7.49. The number of oxazole rings is 1. The zero-order valence-electron chi connectivity index (χ0n) is 11.9. The van der Waals surface area contributed by atoms with E-state index in [1.165, 1.54) is 11.3 Å². The summed E-state index contributed by atoms with van der Waals surface area (Å²) in [4.78, 5) is 14.6. The summed E-state index contributed by atoms with van der Waals surface area (Å²) in [5, 5.41) is 9.20. The molecule has 114 valence electrons. The summed E-state index contributed by atoms with van der Waals surface area (Å²) in [5.74, 6) is 0.769. The number of fused-ring (bicyclic) bond motifs is 1. The van der Waals surface area contributed by atoms with Crippen molar-refractivity contribution in [3.8, 4) is 21.9 Å². The topological polar surface area (TPSA) is 98.1 Å². The molecule has 0 saturated carbocycles. The molecule has 0 aliphatic carbocycles. The quantitative estimate of drug-likeness (QED) is 0.601. The van der Waals surface area contributed by atoms with E-state index in [-0.39, 0.29) is 6.61 Å². The molecule has 0 aliphatic heterocycles. The van der Waals surface area contributed by atoms with Gasteiger partial charge in [-0.2, -0.15) is 0 Å². The maximum absolute atomic E-state index is 9.20. The van der Waals surface area contributed by atoms with Crippen LogP contribution in [-0.2, 0) is 6.61 Å². The second-order valence-electron chi connectivity index (χ2n) is 4.94. The number of thiophene rings is 1. The van der Waals surface area contributed by atoms with Gasteiger partial charge >= 0.3 is 0 Å². The molecule has 4 rings (SSSR count). The molecule has 6 nitrogen and oxygen atoms in total. The number of hydrogen-bond acceptors (Lipinski definition) is 7. The minimum atomic E-state index is 0.0258. The maximum atomic E-state index is 9.20. The van der Waals surface area contributed by atoms with Crippen molar-refractivity contribution in [2.24, 2.45) is 0 Å². The zero-order valence-corrected chi connectivity index (χ0v) is 12.7. The fourth-order valence-electron chi connectivity index (χ4n) is 2.29. The number of aromatic nitrogens is 3. The van der Waals surface area contributed by atoms with Crippen LogP contribution in [0.2, 0.25) is 0 Å². The van der Waals surface area contributed by atoms with Gasteiger partial charge in [-0.3, -0.25) is 4.98 Å². The van der Waals surface area contributed by atoms with Crippen molar-refractivity contribution in [3.05, 3.63) is 47.7 Å². The molecule has 0 saturated heterocycles. The maximum Gasteiger partial charge on any atom is 0.231 e.